The van der Waals surface area contributed by atoms with Crippen molar-refractivity contribution in [1.82, 2.24) is 5.32 Å². The molecule has 1 aliphatic heterocycles. The summed E-state index contributed by atoms with van der Waals surface area (Å²) in [6, 6.07) is 0.360. The van der Waals surface area contributed by atoms with E-state index in [1.54, 1.807) is 0 Å². The molecule has 1 saturated heterocycles. The van der Waals surface area contributed by atoms with Gasteiger partial charge in [-0.1, -0.05) is 13.8 Å². The van der Waals surface area contributed by atoms with Crippen LogP contribution in [-0.4, -0.2) is 23.7 Å². The van der Waals surface area contributed by atoms with Gasteiger partial charge in [-0.25, -0.2) is 0 Å². The second-order valence-corrected chi connectivity index (χ2v) is 5.68. The summed E-state index contributed by atoms with van der Waals surface area (Å²) < 4.78 is 5.35. The van der Waals surface area contributed by atoms with Crippen LogP contribution in [0.4, 0.5) is 0 Å². The number of hydrogen-bond donors (Lipinski definition) is 1. The zero-order valence-electron chi connectivity index (χ0n) is 10.5. The van der Waals surface area contributed by atoms with Crippen molar-refractivity contribution in [2.45, 2.75) is 65.1 Å². The Morgan fingerprint density at radius 3 is 2.33 bits per heavy atom. The van der Waals surface area contributed by atoms with Gasteiger partial charge in [0.05, 0.1) is 0 Å². The summed E-state index contributed by atoms with van der Waals surface area (Å²) >= 11 is 0. The average Bonchev–Trinajstić information content (AvgIpc) is 2.47. The summed E-state index contributed by atoms with van der Waals surface area (Å²) in [7, 11) is 0. The first-order valence-electron chi connectivity index (χ1n) is 5.78. The van der Waals surface area contributed by atoms with E-state index >= 15 is 0 Å². The first kappa shape index (κ1) is 12.5. The Morgan fingerprint density at radius 1 is 1.33 bits per heavy atom. The van der Waals surface area contributed by atoms with Crippen molar-refractivity contribution < 1.29 is 9.53 Å². The van der Waals surface area contributed by atoms with Crippen molar-refractivity contribution in [3.8, 4) is 0 Å². The van der Waals surface area contributed by atoms with Crippen molar-refractivity contribution in [3.05, 3.63) is 0 Å². The molecule has 0 spiro atoms. The lowest BCUT2D eigenvalue weighted by atomic mass is 10.0. The number of hydrogen-bond acceptors (Lipinski definition) is 3. The van der Waals surface area contributed by atoms with Crippen molar-refractivity contribution >= 4 is 5.97 Å². The first-order chi connectivity index (χ1) is 6.79. The molecule has 3 nitrogen and oxygen atoms in total. The summed E-state index contributed by atoms with van der Waals surface area (Å²) in [5.41, 5.74) is -0.380. The van der Waals surface area contributed by atoms with E-state index in [1.165, 1.54) is 0 Å². The van der Waals surface area contributed by atoms with Gasteiger partial charge in [-0.3, -0.25) is 4.79 Å². The van der Waals surface area contributed by atoms with Crippen LogP contribution in [0.3, 0.4) is 0 Å². The van der Waals surface area contributed by atoms with Crippen LogP contribution in [0.5, 0.6) is 0 Å². The quantitative estimate of drug-likeness (QED) is 0.714. The molecule has 0 aromatic heterocycles. The molecule has 1 N–H and O–H groups in total. The van der Waals surface area contributed by atoms with E-state index in [2.05, 4.69) is 19.2 Å². The molecule has 1 fully saturated rings. The van der Waals surface area contributed by atoms with Gasteiger partial charge in [0, 0.05) is 6.04 Å². The highest BCUT2D eigenvalue weighted by Crippen LogP contribution is 2.21. The molecule has 3 heteroatoms. The van der Waals surface area contributed by atoms with Gasteiger partial charge >= 0.3 is 5.97 Å². The van der Waals surface area contributed by atoms with Gasteiger partial charge in [0.2, 0.25) is 0 Å². The van der Waals surface area contributed by atoms with E-state index in [0.29, 0.717) is 12.0 Å². The molecule has 0 aromatic rings. The zero-order valence-corrected chi connectivity index (χ0v) is 10.5. The average molecular weight is 213 g/mol. The van der Waals surface area contributed by atoms with Crippen molar-refractivity contribution in [3.63, 3.8) is 0 Å². The molecular weight excluding hydrogens is 190 g/mol. The van der Waals surface area contributed by atoms with E-state index in [0.717, 1.165) is 12.8 Å². The predicted molar refractivity (Wildman–Crippen MR) is 60.6 cm³/mol. The normalized spacial score (nSPS) is 27.1. The van der Waals surface area contributed by atoms with Gasteiger partial charge in [0.25, 0.3) is 0 Å². The maximum absolute atomic E-state index is 11.7. The molecule has 1 rings (SSSR count). The van der Waals surface area contributed by atoms with E-state index in [1.807, 2.05) is 20.8 Å². The van der Waals surface area contributed by atoms with Crippen LogP contribution in [0.1, 0.15) is 47.5 Å². The third kappa shape index (κ3) is 3.82. The maximum Gasteiger partial charge on any atom is 0.323 e. The van der Waals surface area contributed by atoms with Crippen LogP contribution in [0, 0.1) is 5.92 Å². The Kier molecular flexibility index (Phi) is 3.77. The fourth-order valence-corrected chi connectivity index (χ4v) is 1.86. The van der Waals surface area contributed by atoms with E-state index in [-0.39, 0.29) is 17.6 Å². The molecule has 0 saturated carbocycles. The molecule has 1 aliphatic rings. The highest BCUT2D eigenvalue weighted by molar-refractivity contribution is 5.76. The standard InChI is InChI=1S/C12H23NO2/c1-8(2)9-6-7-10(13-9)11(14)15-12(3,4)5/h8-10,13H,6-7H2,1-5H3/t9-,10-/m0/s1. The summed E-state index contributed by atoms with van der Waals surface area (Å²) in [5.74, 6) is 0.475. The third-order valence-corrected chi connectivity index (χ3v) is 2.68. The van der Waals surface area contributed by atoms with Crippen LogP contribution >= 0.6 is 0 Å². The van der Waals surface area contributed by atoms with Crippen molar-refractivity contribution in [2.24, 2.45) is 5.92 Å². The van der Waals surface area contributed by atoms with Crippen molar-refractivity contribution in [2.75, 3.05) is 0 Å². The first-order valence-corrected chi connectivity index (χ1v) is 5.78. The Labute approximate surface area is 92.6 Å². The lowest BCUT2D eigenvalue weighted by Crippen LogP contribution is -2.41. The van der Waals surface area contributed by atoms with Gasteiger partial charge < -0.3 is 10.1 Å². The van der Waals surface area contributed by atoms with E-state index in [9.17, 15) is 4.79 Å². The second-order valence-electron chi connectivity index (χ2n) is 5.68. The minimum atomic E-state index is -0.380. The van der Waals surface area contributed by atoms with Crippen LogP contribution < -0.4 is 5.32 Å². The number of ether oxygens (including phenoxy) is 1. The van der Waals surface area contributed by atoms with Crippen LogP contribution in [0.15, 0.2) is 0 Å². The lowest BCUT2D eigenvalue weighted by molar-refractivity contribution is -0.157. The van der Waals surface area contributed by atoms with Gasteiger partial charge in [-0.2, -0.15) is 0 Å². The Morgan fingerprint density at radius 2 is 1.93 bits per heavy atom. The minimum Gasteiger partial charge on any atom is -0.459 e. The smallest absolute Gasteiger partial charge is 0.323 e. The van der Waals surface area contributed by atoms with Gasteiger partial charge in [0.15, 0.2) is 0 Å². The summed E-state index contributed by atoms with van der Waals surface area (Å²) in [6.45, 7) is 10.1. The third-order valence-electron chi connectivity index (χ3n) is 2.68. The molecule has 0 bridgehead atoms. The second kappa shape index (κ2) is 4.52. The molecule has 2 atom stereocenters. The molecule has 0 radical (unpaired) electrons. The fraction of sp³-hybridized carbons (Fsp3) is 0.917. The number of carbonyl (C=O) groups excluding carboxylic acids is 1. The largest absolute Gasteiger partial charge is 0.459 e. The van der Waals surface area contributed by atoms with E-state index in [4.69, 9.17) is 4.74 Å². The van der Waals surface area contributed by atoms with Gasteiger partial charge in [-0.15, -0.1) is 0 Å². The monoisotopic (exact) mass is 213 g/mol. The minimum absolute atomic E-state index is 0.100. The van der Waals surface area contributed by atoms with Crippen LogP contribution in [-0.2, 0) is 9.53 Å². The highest BCUT2D eigenvalue weighted by Gasteiger charge is 2.33. The Bertz CT molecular complexity index is 230. The predicted octanol–water partition coefficient (Wildman–Crippen LogP) is 2.10. The molecule has 1 heterocycles. The molecule has 0 aromatic carbocycles. The molecule has 0 amide bonds. The molecule has 88 valence electrons. The summed E-state index contributed by atoms with van der Waals surface area (Å²) in [4.78, 5) is 11.7. The number of esters is 1. The molecular formula is C12H23NO2. The van der Waals surface area contributed by atoms with Crippen LogP contribution in [0.25, 0.3) is 0 Å². The molecule has 15 heavy (non-hydrogen) atoms. The Hall–Kier alpha value is -0.570. The summed E-state index contributed by atoms with van der Waals surface area (Å²) in [5, 5.41) is 3.34. The number of rotatable bonds is 2. The van der Waals surface area contributed by atoms with Crippen LogP contribution in [0.2, 0.25) is 0 Å². The van der Waals surface area contributed by atoms with Crippen molar-refractivity contribution in [1.29, 1.82) is 0 Å². The topological polar surface area (TPSA) is 38.3 Å². The number of carbonyl (C=O) groups is 1. The Balaban J connectivity index is 2.44. The molecule has 0 aliphatic carbocycles. The van der Waals surface area contributed by atoms with E-state index < -0.39 is 0 Å². The highest BCUT2D eigenvalue weighted by atomic mass is 16.6. The maximum atomic E-state index is 11.7. The molecule has 0 unspecified atom stereocenters. The SMILES string of the molecule is CC(C)[C@@H]1CC[C@@H](C(=O)OC(C)(C)C)N1. The summed E-state index contributed by atoms with van der Waals surface area (Å²) in [6.07, 6.45) is 1.97. The number of nitrogens with one attached hydrogen (secondary N) is 1. The lowest BCUT2D eigenvalue weighted by Gasteiger charge is -2.23. The zero-order chi connectivity index (χ0) is 11.6. The fourth-order valence-electron chi connectivity index (χ4n) is 1.86. The van der Waals surface area contributed by atoms with Gasteiger partial charge in [-0.05, 0) is 39.5 Å². The van der Waals surface area contributed by atoms with Gasteiger partial charge in [0.1, 0.15) is 11.6 Å².